The highest BCUT2D eigenvalue weighted by atomic mass is 32.2. The summed E-state index contributed by atoms with van der Waals surface area (Å²) < 4.78 is 9.82. The van der Waals surface area contributed by atoms with Crippen molar-refractivity contribution in [3.63, 3.8) is 0 Å². The molecular formula is C21H19NO4S. The van der Waals surface area contributed by atoms with Crippen LogP contribution in [0.3, 0.4) is 0 Å². The van der Waals surface area contributed by atoms with Crippen LogP contribution in [0.2, 0.25) is 0 Å². The molecule has 1 atom stereocenters. The second-order valence-corrected chi connectivity index (χ2v) is 7.63. The van der Waals surface area contributed by atoms with Crippen molar-refractivity contribution in [3.05, 3.63) is 60.2 Å². The van der Waals surface area contributed by atoms with Gasteiger partial charge in [-0.1, -0.05) is 36.4 Å². The van der Waals surface area contributed by atoms with Gasteiger partial charge in [-0.15, -0.1) is 10.5 Å². The van der Waals surface area contributed by atoms with Crippen LogP contribution >= 0.6 is 10.5 Å². The summed E-state index contributed by atoms with van der Waals surface area (Å²) in [5.41, 5.74) is 2.84. The van der Waals surface area contributed by atoms with Crippen LogP contribution < -0.4 is 0 Å². The molecule has 1 heterocycles. The van der Waals surface area contributed by atoms with E-state index in [0.29, 0.717) is 4.86 Å². The van der Waals surface area contributed by atoms with Gasteiger partial charge in [-0.3, -0.25) is 4.99 Å². The minimum absolute atomic E-state index is 0.187. The number of ether oxygens (including phenoxy) is 2. The van der Waals surface area contributed by atoms with Crippen molar-refractivity contribution in [2.75, 3.05) is 20.5 Å². The van der Waals surface area contributed by atoms with Crippen molar-refractivity contribution in [2.45, 2.75) is 4.90 Å². The van der Waals surface area contributed by atoms with Gasteiger partial charge < -0.3 is 9.47 Å². The van der Waals surface area contributed by atoms with Crippen LogP contribution in [0.4, 0.5) is 5.69 Å². The van der Waals surface area contributed by atoms with Gasteiger partial charge in [-0.25, -0.2) is 9.59 Å². The first-order valence-corrected chi connectivity index (χ1v) is 9.84. The van der Waals surface area contributed by atoms with E-state index in [1.807, 2.05) is 54.8 Å². The number of aliphatic imine (C=N–C) groups is 1. The van der Waals surface area contributed by atoms with E-state index < -0.39 is 22.4 Å². The second kappa shape index (κ2) is 8.14. The number of para-hydroxylation sites is 1. The van der Waals surface area contributed by atoms with E-state index in [0.717, 1.165) is 21.7 Å². The standard InChI is InChI=1S/C21H19NO4S/c1-25-20(23)14-12-19(21(24)26-2)27(3)18-11-7-5-9-16(18)15-8-4-6-10-17(15)22-13-14/h4-13H,1-3H3/b14-12+,14-13?,16-15?,19-12?,22-13?,22-17?. The lowest BCUT2D eigenvalue weighted by molar-refractivity contribution is -0.135. The normalized spacial score (nSPS) is 19.1. The molecule has 5 nitrogen and oxygen atoms in total. The number of carbonyl (C=O) groups is 2. The third kappa shape index (κ3) is 3.75. The predicted octanol–water partition coefficient (Wildman–Crippen LogP) is 3.77. The maximum absolute atomic E-state index is 12.5. The van der Waals surface area contributed by atoms with Gasteiger partial charge in [0, 0.05) is 16.7 Å². The molecule has 0 fully saturated rings. The van der Waals surface area contributed by atoms with Gasteiger partial charge in [0.2, 0.25) is 0 Å². The second-order valence-electron chi connectivity index (χ2n) is 5.73. The zero-order valence-corrected chi connectivity index (χ0v) is 16.1. The molecule has 0 spiro atoms. The van der Waals surface area contributed by atoms with E-state index in [9.17, 15) is 9.59 Å². The number of esters is 2. The average Bonchev–Trinajstić information content (AvgIpc) is 2.72. The topological polar surface area (TPSA) is 65.0 Å². The molecule has 0 saturated carbocycles. The van der Waals surface area contributed by atoms with Crippen molar-refractivity contribution < 1.29 is 19.1 Å². The van der Waals surface area contributed by atoms with Gasteiger partial charge in [0.25, 0.3) is 0 Å². The largest absolute Gasteiger partial charge is 0.465 e. The van der Waals surface area contributed by atoms with Crippen molar-refractivity contribution in [2.24, 2.45) is 4.99 Å². The minimum Gasteiger partial charge on any atom is -0.465 e. The molecule has 0 bridgehead atoms. The zero-order chi connectivity index (χ0) is 19.4. The smallest absolute Gasteiger partial charge is 0.343 e. The number of methoxy groups -OCH3 is 2. The summed E-state index contributed by atoms with van der Waals surface area (Å²) in [5.74, 6) is -1.05. The molecule has 0 amide bonds. The van der Waals surface area contributed by atoms with E-state index in [2.05, 4.69) is 4.99 Å². The quantitative estimate of drug-likeness (QED) is 0.587. The molecule has 0 N–H and O–H groups in total. The highest BCUT2D eigenvalue weighted by Crippen LogP contribution is 2.40. The van der Waals surface area contributed by atoms with Crippen molar-refractivity contribution in [1.29, 1.82) is 0 Å². The number of benzene rings is 2. The lowest BCUT2D eigenvalue weighted by atomic mass is 10.0. The number of nitrogens with zero attached hydrogens (tertiary/aromatic N) is 1. The summed E-state index contributed by atoms with van der Waals surface area (Å²) in [6.07, 6.45) is 4.88. The molecule has 138 valence electrons. The molecule has 0 aliphatic carbocycles. The van der Waals surface area contributed by atoms with Crippen LogP contribution in [-0.4, -0.2) is 43.5 Å². The maximum Gasteiger partial charge on any atom is 0.343 e. The number of rotatable bonds is 2. The maximum atomic E-state index is 12.5. The Morgan fingerprint density at radius 3 is 2.22 bits per heavy atom. The van der Waals surface area contributed by atoms with E-state index in [1.54, 1.807) is 0 Å². The monoisotopic (exact) mass is 381 g/mol. The predicted molar refractivity (Wildman–Crippen MR) is 109 cm³/mol. The molecule has 1 unspecified atom stereocenters. The number of hydrogen-bond acceptors (Lipinski definition) is 5. The third-order valence-electron chi connectivity index (χ3n) is 4.18. The molecular weight excluding hydrogens is 362 g/mol. The van der Waals surface area contributed by atoms with E-state index in [-0.39, 0.29) is 5.57 Å². The van der Waals surface area contributed by atoms with E-state index in [1.165, 1.54) is 26.5 Å². The molecule has 27 heavy (non-hydrogen) atoms. The molecule has 2 aromatic rings. The molecule has 1 aliphatic heterocycles. The summed E-state index contributed by atoms with van der Waals surface area (Å²) in [5, 5.41) is 0. The molecule has 0 radical (unpaired) electrons. The van der Waals surface area contributed by atoms with Gasteiger partial charge >= 0.3 is 11.9 Å². The Bertz CT molecular complexity index is 1000. The Balaban J connectivity index is 2.40. The van der Waals surface area contributed by atoms with Crippen LogP contribution in [0.1, 0.15) is 0 Å². The molecule has 1 aliphatic rings. The Hall–Kier alpha value is -2.99. The molecule has 6 heteroatoms. The first-order valence-electron chi connectivity index (χ1n) is 8.20. The SMILES string of the molecule is COC(=O)C1=S(/C)c2ccccc2-c2ccccc2N=C/C(C(=O)OC)=C\1. The summed E-state index contributed by atoms with van der Waals surface area (Å²) in [7, 11) is 1.99. The summed E-state index contributed by atoms with van der Waals surface area (Å²) in [6, 6.07) is 15.6. The van der Waals surface area contributed by atoms with Crippen LogP contribution in [0.5, 0.6) is 0 Å². The van der Waals surface area contributed by atoms with Crippen molar-refractivity contribution in [1.82, 2.24) is 0 Å². The fraction of sp³-hybridized carbons (Fsp3) is 0.143. The van der Waals surface area contributed by atoms with Crippen LogP contribution in [0.15, 0.2) is 70.1 Å². The van der Waals surface area contributed by atoms with Gasteiger partial charge in [0.15, 0.2) is 0 Å². The summed E-state index contributed by atoms with van der Waals surface area (Å²) in [4.78, 5) is 30.5. The van der Waals surface area contributed by atoms with Gasteiger partial charge in [0.1, 0.15) is 0 Å². The highest BCUT2D eigenvalue weighted by Gasteiger charge is 2.20. The lowest BCUT2D eigenvalue weighted by Gasteiger charge is -2.16. The Morgan fingerprint density at radius 1 is 0.889 bits per heavy atom. The Kier molecular flexibility index (Phi) is 5.66. The van der Waals surface area contributed by atoms with Crippen LogP contribution in [-0.2, 0) is 19.1 Å². The van der Waals surface area contributed by atoms with Gasteiger partial charge in [0.05, 0.1) is 30.3 Å². The average molecular weight is 381 g/mol. The van der Waals surface area contributed by atoms with Gasteiger partial charge in [-0.05, 0) is 30.0 Å². The van der Waals surface area contributed by atoms with Gasteiger partial charge in [-0.2, -0.15) is 0 Å². The van der Waals surface area contributed by atoms with E-state index >= 15 is 0 Å². The number of hydrogen-bond donors (Lipinski definition) is 0. The summed E-state index contributed by atoms with van der Waals surface area (Å²) in [6.45, 7) is 0. The first-order chi connectivity index (χ1) is 13.1. The molecule has 2 aromatic carbocycles. The number of fused-ring (bicyclic) bond motifs is 3. The number of carbonyl (C=O) groups excluding carboxylic acids is 2. The Morgan fingerprint density at radius 2 is 1.52 bits per heavy atom. The fourth-order valence-corrected chi connectivity index (χ4v) is 4.47. The summed E-state index contributed by atoms with van der Waals surface area (Å²) >= 11 is 0. The Labute approximate surface area is 160 Å². The van der Waals surface area contributed by atoms with Crippen molar-refractivity contribution in [3.8, 4) is 11.1 Å². The highest BCUT2D eigenvalue weighted by molar-refractivity contribution is 8.16. The van der Waals surface area contributed by atoms with Crippen molar-refractivity contribution >= 4 is 39.2 Å². The fourth-order valence-electron chi connectivity index (χ4n) is 2.81. The van der Waals surface area contributed by atoms with E-state index in [4.69, 9.17) is 9.47 Å². The third-order valence-corrected chi connectivity index (χ3v) is 6.14. The minimum atomic E-state index is -0.630. The first kappa shape index (κ1) is 18.8. The van der Waals surface area contributed by atoms with Crippen LogP contribution in [0.25, 0.3) is 11.1 Å². The zero-order valence-electron chi connectivity index (χ0n) is 15.3. The molecule has 0 aromatic heterocycles. The van der Waals surface area contributed by atoms with Crippen LogP contribution in [0, 0.1) is 0 Å². The molecule has 0 saturated heterocycles. The molecule has 3 rings (SSSR count). The lowest BCUT2D eigenvalue weighted by Crippen LogP contribution is -2.17.